The van der Waals surface area contributed by atoms with Crippen LogP contribution in [0.1, 0.15) is 63.4 Å². The molecule has 1 saturated carbocycles. The fourth-order valence-corrected chi connectivity index (χ4v) is 4.41. The van der Waals surface area contributed by atoms with Gasteiger partial charge >= 0.3 is 0 Å². The van der Waals surface area contributed by atoms with Gasteiger partial charge in [0.05, 0.1) is 5.71 Å². The van der Waals surface area contributed by atoms with Crippen LogP contribution >= 0.6 is 0 Å². The van der Waals surface area contributed by atoms with Gasteiger partial charge in [0.15, 0.2) is 0 Å². The first-order valence-corrected chi connectivity index (χ1v) is 10.1. The summed E-state index contributed by atoms with van der Waals surface area (Å²) in [6, 6.07) is 8.97. The van der Waals surface area contributed by atoms with Gasteiger partial charge in [-0.1, -0.05) is 19.3 Å². The van der Waals surface area contributed by atoms with Crippen LogP contribution in [0.2, 0.25) is 0 Å². The molecule has 0 atom stereocenters. The van der Waals surface area contributed by atoms with Crippen LogP contribution in [0, 0.1) is 0 Å². The van der Waals surface area contributed by atoms with E-state index in [2.05, 4.69) is 15.4 Å². The summed E-state index contributed by atoms with van der Waals surface area (Å²) in [7, 11) is 0. The Hall–Kier alpha value is -1.88. The van der Waals surface area contributed by atoms with Crippen molar-refractivity contribution >= 4 is 11.6 Å². The molecule has 4 rings (SSSR count). The summed E-state index contributed by atoms with van der Waals surface area (Å²) in [6.45, 7) is 2.34. The van der Waals surface area contributed by atoms with Crippen molar-refractivity contribution in [3.05, 3.63) is 29.8 Å². The van der Waals surface area contributed by atoms with Gasteiger partial charge in [0.25, 0.3) is 0 Å². The third-order valence-corrected chi connectivity index (χ3v) is 5.96. The molecule has 1 N–H and O–H groups in total. The molecular weight excluding hydrogens is 326 g/mol. The summed E-state index contributed by atoms with van der Waals surface area (Å²) in [5, 5.41) is 4.15. The van der Waals surface area contributed by atoms with Crippen LogP contribution in [0.4, 0.5) is 0 Å². The maximum Gasteiger partial charge on any atom is 0.240 e. The zero-order valence-electron chi connectivity index (χ0n) is 15.5. The van der Waals surface area contributed by atoms with Crippen molar-refractivity contribution in [2.45, 2.75) is 69.9 Å². The van der Waals surface area contributed by atoms with E-state index >= 15 is 0 Å². The number of likely N-dealkylation sites (tertiary alicyclic amines) is 1. The molecule has 5 nitrogen and oxygen atoms in total. The van der Waals surface area contributed by atoms with Gasteiger partial charge in [-0.3, -0.25) is 4.79 Å². The standard InChI is InChI=1S/C21H29N3O2/c25-21-11-10-20(22-23-21)16-6-8-18(9-7-16)26-19-12-14-24(15-13-19)17-4-2-1-3-5-17/h6-9,17,19H,1-5,10-15H2,(H,23,25). The Morgan fingerprint density at radius 1 is 0.962 bits per heavy atom. The minimum atomic E-state index is -0.00623. The lowest BCUT2D eigenvalue weighted by Crippen LogP contribution is -2.44. The Labute approximate surface area is 155 Å². The average Bonchev–Trinajstić information content (AvgIpc) is 2.71. The first-order chi connectivity index (χ1) is 12.8. The zero-order valence-corrected chi connectivity index (χ0v) is 15.5. The molecule has 1 saturated heterocycles. The van der Waals surface area contributed by atoms with Crippen molar-refractivity contribution in [2.75, 3.05) is 13.1 Å². The number of ether oxygens (including phenoxy) is 1. The SMILES string of the molecule is O=C1CCC(c2ccc(OC3CCN(C4CCCCC4)CC3)cc2)=NN1. The van der Waals surface area contributed by atoms with Crippen LogP contribution in [0.25, 0.3) is 0 Å². The number of carbonyl (C=O) groups is 1. The maximum atomic E-state index is 11.2. The Bertz CT molecular complexity index is 642. The van der Waals surface area contributed by atoms with Crippen molar-refractivity contribution in [3.8, 4) is 5.75 Å². The number of hydrogen-bond donors (Lipinski definition) is 1. The van der Waals surface area contributed by atoms with Gasteiger partial charge < -0.3 is 9.64 Å². The number of rotatable bonds is 4. The molecule has 1 aliphatic carbocycles. The van der Waals surface area contributed by atoms with Crippen LogP contribution in [-0.4, -0.2) is 41.8 Å². The lowest BCUT2D eigenvalue weighted by molar-refractivity contribution is -0.121. The summed E-state index contributed by atoms with van der Waals surface area (Å²) < 4.78 is 6.21. The minimum absolute atomic E-state index is 0.00623. The molecule has 1 amide bonds. The molecule has 1 aromatic carbocycles. The van der Waals surface area contributed by atoms with Gasteiger partial charge in [0.1, 0.15) is 11.9 Å². The number of hydrogen-bond acceptors (Lipinski definition) is 4. The molecule has 3 aliphatic rings. The van der Waals surface area contributed by atoms with E-state index in [-0.39, 0.29) is 5.91 Å². The van der Waals surface area contributed by atoms with Crippen molar-refractivity contribution in [3.63, 3.8) is 0 Å². The number of piperidine rings is 1. The molecule has 2 heterocycles. The maximum absolute atomic E-state index is 11.2. The summed E-state index contributed by atoms with van der Waals surface area (Å²) in [5.41, 5.74) is 4.56. The second-order valence-electron chi connectivity index (χ2n) is 7.76. The number of benzene rings is 1. The van der Waals surface area contributed by atoms with E-state index in [0.29, 0.717) is 18.9 Å². The third kappa shape index (κ3) is 4.26. The minimum Gasteiger partial charge on any atom is -0.490 e. The molecular formula is C21H29N3O2. The zero-order chi connectivity index (χ0) is 17.8. The Balaban J connectivity index is 1.28. The predicted octanol–water partition coefficient (Wildman–Crippen LogP) is 3.48. The highest BCUT2D eigenvalue weighted by Gasteiger charge is 2.27. The van der Waals surface area contributed by atoms with Gasteiger partial charge in [-0.15, -0.1) is 0 Å². The third-order valence-electron chi connectivity index (χ3n) is 5.96. The summed E-state index contributed by atoms with van der Waals surface area (Å²) >= 11 is 0. The number of nitrogens with one attached hydrogen (secondary N) is 1. The summed E-state index contributed by atoms with van der Waals surface area (Å²) in [5.74, 6) is 0.929. The molecule has 1 aromatic rings. The first kappa shape index (κ1) is 17.5. The highest BCUT2D eigenvalue weighted by molar-refractivity contribution is 6.04. The van der Waals surface area contributed by atoms with Gasteiger partial charge in [-0.05, 0) is 55.5 Å². The van der Waals surface area contributed by atoms with Gasteiger partial charge in [0, 0.05) is 32.0 Å². The fourth-order valence-electron chi connectivity index (χ4n) is 4.41. The topological polar surface area (TPSA) is 53.9 Å². The number of carbonyl (C=O) groups excluding carboxylic acids is 1. The lowest BCUT2D eigenvalue weighted by Gasteiger charge is -2.39. The van der Waals surface area contributed by atoms with E-state index in [9.17, 15) is 4.79 Å². The smallest absolute Gasteiger partial charge is 0.240 e. The fraction of sp³-hybridized carbons (Fsp3) is 0.619. The molecule has 0 radical (unpaired) electrons. The molecule has 140 valence electrons. The van der Waals surface area contributed by atoms with Gasteiger partial charge in [0.2, 0.25) is 5.91 Å². The highest BCUT2D eigenvalue weighted by Crippen LogP contribution is 2.27. The Morgan fingerprint density at radius 2 is 1.69 bits per heavy atom. The average molecular weight is 355 g/mol. The van der Waals surface area contributed by atoms with E-state index < -0.39 is 0 Å². The van der Waals surface area contributed by atoms with Crippen LogP contribution in [0.5, 0.6) is 5.75 Å². The predicted molar refractivity (Wildman–Crippen MR) is 102 cm³/mol. The summed E-state index contributed by atoms with van der Waals surface area (Å²) in [6.07, 6.45) is 10.8. The number of amides is 1. The summed E-state index contributed by atoms with van der Waals surface area (Å²) in [4.78, 5) is 13.9. The molecule has 26 heavy (non-hydrogen) atoms. The van der Waals surface area contributed by atoms with Crippen LogP contribution < -0.4 is 10.2 Å². The first-order valence-electron chi connectivity index (χ1n) is 10.1. The molecule has 0 aromatic heterocycles. The van der Waals surface area contributed by atoms with E-state index in [1.807, 2.05) is 24.3 Å². The molecule has 5 heteroatoms. The number of nitrogens with zero attached hydrogens (tertiary/aromatic N) is 2. The van der Waals surface area contributed by atoms with Crippen molar-refractivity contribution < 1.29 is 9.53 Å². The van der Waals surface area contributed by atoms with Crippen LogP contribution in [-0.2, 0) is 4.79 Å². The van der Waals surface area contributed by atoms with Crippen molar-refractivity contribution in [1.29, 1.82) is 0 Å². The molecule has 0 spiro atoms. The Kier molecular flexibility index (Phi) is 5.54. The van der Waals surface area contributed by atoms with Crippen molar-refractivity contribution in [1.82, 2.24) is 10.3 Å². The number of hydrazone groups is 1. The second kappa shape index (κ2) is 8.21. The van der Waals surface area contributed by atoms with Gasteiger partial charge in [-0.25, -0.2) is 5.43 Å². The van der Waals surface area contributed by atoms with E-state index in [4.69, 9.17) is 4.74 Å². The van der Waals surface area contributed by atoms with E-state index in [1.165, 1.54) is 45.2 Å². The van der Waals surface area contributed by atoms with Crippen LogP contribution in [0.3, 0.4) is 0 Å². The molecule has 2 aliphatic heterocycles. The van der Waals surface area contributed by atoms with Gasteiger partial charge in [-0.2, -0.15) is 5.10 Å². The Morgan fingerprint density at radius 3 is 2.35 bits per heavy atom. The normalized spacial score (nSPS) is 23.4. The highest BCUT2D eigenvalue weighted by atomic mass is 16.5. The largest absolute Gasteiger partial charge is 0.490 e. The molecule has 0 bridgehead atoms. The van der Waals surface area contributed by atoms with E-state index in [0.717, 1.165) is 35.9 Å². The quantitative estimate of drug-likeness (QED) is 0.900. The second-order valence-corrected chi connectivity index (χ2v) is 7.76. The monoisotopic (exact) mass is 355 g/mol. The van der Waals surface area contributed by atoms with E-state index in [1.54, 1.807) is 0 Å². The molecule has 2 fully saturated rings. The van der Waals surface area contributed by atoms with Crippen molar-refractivity contribution in [2.24, 2.45) is 5.10 Å². The van der Waals surface area contributed by atoms with Crippen LogP contribution in [0.15, 0.2) is 29.4 Å². The molecule has 0 unspecified atom stereocenters. The lowest BCUT2D eigenvalue weighted by atomic mass is 9.92.